The first-order chi connectivity index (χ1) is 21.7. The van der Waals surface area contributed by atoms with E-state index in [0.29, 0.717) is 17.8 Å². The summed E-state index contributed by atoms with van der Waals surface area (Å²) in [6.45, 7) is -0.515. The number of ether oxygens (including phenoxy) is 2. The van der Waals surface area contributed by atoms with Crippen molar-refractivity contribution >= 4 is 46.9 Å². The third-order valence-corrected chi connectivity index (χ3v) is 7.55. The predicted molar refractivity (Wildman–Crippen MR) is 160 cm³/mol. The van der Waals surface area contributed by atoms with Crippen molar-refractivity contribution < 1.29 is 43.3 Å². The summed E-state index contributed by atoms with van der Waals surface area (Å²) in [5.74, 6) is -3.41. The summed E-state index contributed by atoms with van der Waals surface area (Å²) in [5, 5.41) is 8.86. The number of benzene rings is 4. The molecule has 0 aromatic heterocycles. The SMILES string of the molecule is COC(=O)c1ccc2c(c1)C(=O)N(c1ccc(Cc3ccc(N4C(=O)c5ccc(C(=O)OCCO)cc5C4=O)cc3)cc1)C2=O. The molecule has 4 aromatic rings. The van der Waals surface area contributed by atoms with Crippen LogP contribution in [0.2, 0.25) is 0 Å². The molecular formula is C34H24N2O9. The third kappa shape index (κ3) is 5.15. The summed E-state index contributed by atoms with van der Waals surface area (Å²) in [7, 11) is 1.24. The second kappa shape index (κ2) is 11.6. The summed E-state index contributed by atoms with van der Waals surface area (Å²) in [5.41, 5.74) is 3.39. The number of esters is 2. The Morgan fingerprint density at radius 2 is 1.02 bits per heavy atom. The van der Waals surface area contributed by atoms with Crippen LogP contribution in [-0.2, 0) is 15.9 Å². The topological polar surface area (TPSA) is 148 Å². The van der Waals surface area contributed by atoms with E-state index < -0.39 is 35.6 Å². The second-order valence-corrected chi connectivity index (χ2v) is 10.3. The van der Waals surface area contributed by atoms with E-state index in [4.69, 9.17) is 14.6 Å². The number of imide groups is 2. The molecule has 224 valence electrons. The molecule has 6 rings (SSSR count). The van der Waals surface area contributed by atoms with E-state index in [1.807, 2.05) is 0 Å². The number of aliphatic hydroxyl groups excluding tert-OH is 1. The van der Waals surface area contributed by atoms with Gasteiger partial charge >= 0.3 is 11.9 Å². The Balaban J connectivity index is 1.14. The highest BCUT2D eigenvalue weighted by molar-refractivity contribution is 6.35. The molecule has 11 heteroatoms. The molecule has 2 aliphatic heterocycles. The average molecular weight is 605 g/mol. The van der Waals surface area contributed by atoms with Gasteiger partial charge in [-0.3, -0.25) is 19.2 Å². The molecule has 0 atom stereocenters. The van der Waals surface area contributed by atoms with Crippen LogP contribution in [0, 0.1) is 0 Å². The van der Waals surface area contributed by atoms with Gasteiger partial charge in [0.05, 0.1) is 58.5 Å². The number of aliphatic hydroxyl groups is 1. The van der Waals surface area contributed by atoms with Gasteiger partial charge in [0, 0.05) is 0 Å². The summed E-state index contributed by atoms with van der Waals surface area (Å²) in [6, 6.07) is 22.2. The number of methoxy groups -OCH3 is 1. The molecule has 1 N–H and O–H groups in total. The van der Waals surface area contributed by atoms with Gasteiger partial charge in [-0.15, -0.1) is 0 Å². The zero-order valence-corrected chi connectivity index (χ0v) is 23.8. The molecule has 2 aliphatic rings. The number of carbonyl (C=O) groups excluding carboxylic acids is 6. The van der Waals surface area contributed by atoms with Gasteiger partial charge in [-0.2, -0.15) is 0 Å². The number of carbonyl (C=O) groups is 6. The van der Waals surface area contributed by atoms with Crippen LogP contribution in [0.1, 0.15) is 73.3 Å². The highest BCUT2D eigenvalue weighted by atomic mass is 16.5. The fraction of sp³-hybridized carbons (Fsp3) is 0.118. The first-order valence-electron chi connectivity index (χ1n) is 13.8. The first kappa shape index (κ1) is 29.1. The van der Waals surface area contributed by atoms with Crippen molar-refractivity contribution in [2.45, 2.75) is 6.42 Å². The Labute approximate surface area is 256 Å². The van der Waals surface area contributed by atoms with Crippen molar-refractivity contribution in [1.29, 1.82) is 0 Å². The summed E-state index contributed by atoms with van der Waals surface area (Å²) < 4.78 is 9.60. The predicted octanol–water partition coefficient (Wildman–Crippen LogP) is 3.81. The molecular weight excluding hydrogens is 580 g/mol. The number of amides is 4. The lowest BCUT2D eigenvalue weighted by molar-refractivity contribution is 0.0433. The van der Waals surface area contributed by atoms with Crippen LogP contribution < -0.4 is 9.80 Å². The van der Waals surface area contributed by atoms with Gasteiger partial charge in [0.1, 0.15) is 6.61 Å². The maximum absolute atomic E-state index is 13.1. The number of nitrogens with zero attached hydrogens (tertiary/aromatic N) is 2. The molecule has 0 radical (unpaired) electrons. The minimum absolute atomic E-state index is 0.0876. The highest BCUT2D eigenvalue weighted by Crippen LogP contribution is 2.32. The van der Waals surface area contributed by atoms with E-state index in [0.717, 1.165) is 20.9 Å². The Hall–Kier alpha value is -5.94. The second-order valence-electron chi connectivity index (χ2n) is 10.3. The molecule has 11 nitrogen and oxygen atoms in total. The van der Waals surface area contributed by atoms with Crippen molar-refractivity contribution in [3.8, 4) is 0 Å². The lowest BCUT2D eigenvalue weighted by atomic mass is 10.0. The van der Waals surface area contributed by atoms with Gasteiger partial charge < -0.3 is 14.6 Å². The van der Waals surface area contributed by atoms with E-state index in [-0.39, 0.29) is 46.6 Å². The minimum atomic E-state index is -0.708. The molecule has 0 unspecified atom stereocenters. The molecule has 0 bridgehead atoms. The summed E-state index contributed by atoms with van der Waals surface area (Å²) in [4.78, 5) is 78.3. The maximum atomic E-state index is 13.1. The Morgan fingerprint density at radius 3 is 1.44 bits per heavy atom. The maximum Gasteiger partial charge on any atom is 0.338 e. The fourth-order valence-corrected chi connectivity index (χ4v) is 5.31. The monoisotopic (exact) mass is 604 g/mol. The average Bonchev–Trinajstić information content (AvgIpc) is 3.47. The zero-order chi connectivity index (χ0) is 31.8. The number of hydrogen-bond acceptors (Lipinski definition) is 9. The van der Waals surface area contributed by atoms with Gasteiger partial charge in [-0.05, 0) is 78.2 Å². The van der Waals surface area contributed by atoms with Crippen LogP contribution in [0.3, 0.4) is 0 Å². The Kier molecular flexibility index (Phi) is 7.53. The van der Waals surface area contributed by atoms with Crippen LogP contribution in [-0.4, -0.2) is 61.0 Å². The van der Waals surface area contributed by atoms with Crippen molar-refractivity contribution in [2.75, 3.05) is 30.1 Å². The molecule has 0 spiro atoms. The normalized spacial score (nSPS) is 13.6. The lowest BCUT2D eigenvalue weighted by Crippen LogP contribution is -2.29. The standard InChI is InChI=1S/C34H24N2O9/c1-44-33(42)21-6-12-25-27(17-21)31(40)35(29(25)38)23-8-2-19(3-9-23)16-20-4-10-24(11-5-20)36-30(39)26-13-7-22(18-28(26)32(36)41)34(43)45-15-14-37/h2-13,17-18,37H,14-16H2,1H3. The molecule has 0 fully saturated rings. The van der Waals surface area contributed by atoms with E-state index >= 15 is 0 Å². The van der Waals surface area contributed by atoms with Crippen molar-refractivity contribution in [1.82, 2.24) is 0 Å². The lowest BCUT2D eigenvalue weighted by Gasteiger charge is -2.15. The molecule has 0 aliphatic carbocycles. The number of rotatable bonds is 8. The van der Waals surface area contributed by atoms with E-state index in [1.165, 1.54) is 43.5 Å². The zero-order valence-electron chi connectivity index (χ0n) is 23.8. The van der Waals surface area contributed by atoms with E-state index in [2.05, 4.69) is 0 Å². The van der Waals surface area contributed by atoms with Gasteiger partial charge in [-0.1, -0.05) is 24.3 Å². The number of hydrogen-bond donors (Lipinski definition) is 1. The van der Waals surface area contributed by atoms with Crippen LogP contribution in [0.5, 0.6) is 0 Å². The van der Waals surface area contributed by atoms with Crippen molar-refractivity contribution in [2.24, 2.45) is 0 Å². The minimum Gasteiger partial charge on any atom is -0.465 e. The van der Waals surface area contributed by atoms with Crippen LogP contribution in [0.4, 0.5) is 11.4 Å². The van der Waals surface area contributed by atoms with Crippen LogP contribution in [0.15, 0.2) is 84.9 Å². The molecule has 45 heavy (non-hydrogen) atoms. The summed E-state index contributed by atoms with van der Waals surface area (Å²) in [6.07, 6.45) is 0.493. The third-order valence-electron chi connectivity index (χ3n) is 7.55. The van der Waals surface area contributed by atoms with Crippen LogP contribution in [0.25, 0.3) is 0 Å². The van der Waals surface area contributed by atoms with Gasteiger partial charge in [-0.25, -0.2) is 19.4 Å². The molecule has 0 saturated heterocycles. The van der Waals surface area contributed by atoms with Crippen molar-refractivity contribution in [3.63, 3.8) is 0 Å². The largest absolute Gasteiger partial charge is 0.465 e. The quantitative estimate of drug-likeness (QED) is 0.234. The smallest absolute Gasteiger partial charge is 0.338 e. The van der Waals surface area contributed by atoms with Crippen LogP contribution >= 0.6 is 0 Å². The molecule has 4 amide bonds. The fourth-order valence-electron chi connectivity index (χ4n) is 5.31. The van der Waals surface area contributed by atoms with Gasteiger partial charge in [0.2, 0.25) is 0 Å². The Bertz CT molecular complexity index is 1910. The molecule has 2 heterocycles. The van der Waals surface area contributed by atoms with E-state index in [9.17, 15) is 28.8 Å². The van der Waals surface area contributed by atoms with Gasteiger partial charge in [0.25, 0.3) is 23.6 Å². The van der Waals surface area contributed by atoms with E-state index in [1.54, 1.807) is 48.5 Å². The Morgan fingerprint density at radius 1 is 0.600 bits per heavy atom. The first-order valence-corrected chi connectivity index (χ1v) is 13.8. The molecule has 4 aromatic carbocycles. The number of fused-ring (bicyclic) bond motifs is 2. The van der Waals surface area contributed by atoms with Crippen molar-refractivity contribution in [3.05, 3.63) is 129 Å². The highest BCUT2D eigenvalue weighted by Gasteiger charge is 2.38. The van der Waals surface area contributed by atoms with Gasteiger partial charge in [0.15, 0.2) is 0 Å². The summed E-state index contributed by atoms with van der Waals surface area (Å²) >= 11 is 0. The molecule has 0 saturated carbocycles. The number of anilines is 2.